The molecule has 0 saturated heterocycles. The van der Waals surface area contributed by atoms with E-state index in [-0.39, 0.29) is 11.7 Å². The molecule has 6 nitrogen and oxygen atoms in total. The summed E-state index contributed by atoms with van der Waals surface area (Å²) >= 11 is 0. The van der Waals surface area contributed by atoms with Gasteiger partial charge in [-0.1, -0.05) is 12.1 Å². The number of ether oxygens (including phenoxy) is 1. The van der Waals surface area contributed by atoms with Gasteiger partial charge in [0.1, 0.15) is 28.7 Å². The zero-order valence-corrected chi connectivity index (χ0v) is 17.8. The molecule has 1 N–H and O–H groups in total. The molecule has 7 heteroatoms. The predicted octanol–water partition coefficient (Wildman–Crippen LogP) is 5.66. The van der Waals surface area contributed by atoms with Crippen molar-refractivity contribution in [2.24, 2.45) is 0 Å². The highest BCUT2D eigenvalue weighted by molar-refractivity contribution is 6.12. The minimum Gasteiger partial charge on any atom is -0.496 e. The summed E-state index contributed by atoms with van der Waals surface area (Å²) in [5.74, 6) is 0.979. The number of carbonyl (C=O) groups excluding carboxylic acids is 1. The quantitative estimate of drug-likeness (QED) is 0.434. The molecular formula is C24H23FN2O4. The number of aromatic nitrogens is 1. The summed E-state index contributed by atoms with van der Waals surface area (Å²) in [5, 5.41) is 7.55. The van der Waals surface area contributed by atoms with Gasteiger partial charge in [-0.2, -0.15) is 0 Å². The van der Waals surface area contributed by atoms with Gasteiger partial charge in [0.15, 0.2) is 0 Å². The highest BCUT2D eigenvalue weighted by atomic mass is 19.1. The van der Waals surface area contributed by atoms with Crippen molar-refractivity contribution >= 4 is 16.9 Å². The number of rotatable bonds is 6. The number of nitrogens with zero attached hydrogens (tertiary/aromatic N) is 1. The Hall–Kier alpha value is -3.61. The molecule has 160 valence electrons. The van der Waals surface area contributed by atoms with Gasteiger partial charge in [0.25, 0.3) is 5.91 Å². The molecule has 0 spiro atoms. The number of aryl methyl sites for hydroxylation is 2. The van der Waals surface area contributed by atoms with Gasteiger partial charge in [-0.05, 0) is 56.7 Å². The lowest BCUT2D eigenvalue weighted by Gasteiger charge is -2.09. The zero-order valence-electron chi connectivity index (χ0n) is 17.8. The first-order chi connectivity index (χ1) is 14.9. The molecule has 0 bridgehead atoms. The Kier molecular flexibility index (Phi) is 5.50. The Balaban J connectivity index is 1.98. The fourth-order valence-electron chi connectivity index (χ4n) is 3.71. The van der Waals surface area contributed by atoms with Crippen LogP contribution in [0.3, 0.4) is 0 Å². The predicted molar refractivity (Wildman–Crippen MR) is 116 cm³/mol. The first-order valence-corrected chi connectivity index (χ1v) is 10.1. The smallest absolute Gasteiger partial charge is 0.255 e. The van der Waals surface area contributed by atoms with Crippen molar-refractivity contribution in [2.75, 3.05) is 13.7 Å². The largest absolute Gasteiger partial charge is 0.496 e. The Morgan fingerprint density at radius 2 is 1.94 bits per heavy atom. The summed E-state index contributed by atoms with van der Waals surface area (Å²) in [6.45, 7) is 6.19. The lowest BCUT2D eigenvalue weighted by atomic mass is 9.99. The van der Waals surface area contributed by atoms with Crippen molar-refractivity contribution in [2.45, 2.75) is 27.2 Å². The van der Waals surface area contributed by atoms with Crippen LogP contribution in [-0.4, -0.2) is 24.7 Å². The second kappa shape index (κ2) is 8.26. The molecule has 0 radical (unpaired) electrons. The molecule has 31 heavy (non-hydrogen) atoms. The van der Waals surface area contributed by atoms with Crippen LogP contribution in [0.1, 0.15) is 35.2 Å². The summed E-state index contributed by atoms with van der Waals surface area (Å²) in [6.07, 6.45) is 0.799. The Labute approximate surface area is 179 Å². The van der Waals surface area contributed by atoms with Gasteiger partial charge in [-0.3, -0.25) is 4.79 Å². The first kappa shape index (κ1) is 20.7. The number of hydrogen-bond donors (Lipinski definition) is 1. The van der Waals surface area contributed by atoms with Crippen LogP contribution in [0, 0.1) is 19.7 Å². The van der Waals surface area contributed by atoms with E-state index in [0.717, 1.165) is 23.2 Å². The van der Waals surface area contributed by atoms with Crippen LogP contribution in [-0.2, 0) is 0 Å². The number of amides is 1. The van der Waals surface area contributed by atoms with Gasteiger partial charge in [-0.25, -0.2) is 4.39 Å². The van der Waals surface area contributed by atoms with E-state index in [1.807, 2.05) is 26.8 Å². The molecule has 0 aliphatic rings. The Morgan fingerprint density at radius 1 is 1.19 bits per heavy atom. The Bertz CT molecular complexity index is 1240. The number of benzene rings is 2. The lowest BCUT2D eigenvalue weighted by Crippen LogP contribution is -2.24. The number of fused-ring (bicyclic) bond motifs is 1. The maximum absolute atomic E-state index is 13.5. The van der Waals surface area contributed by atoms with Gasteiger partial charge < -0.3 is 19.0 Å². The molecule has 2 heterocycles. The average molecular weight is 422 g/mol. The van der Waals surface area contributed by atoms with Crippen molar-refractivity contribution in [1.82, 2.24) is 10.5 Å². The molecular weight excluding hydrogens is 399 g/mol. The van der Waals surface area contributed by atoms with E-state index >= 15 is 0 Å². The molecule has 0 atom stereocenters. The maximum Gasteiger partial charge on any atom is 0.255 e. The molecule has 0 unspecified atom stereocenters. The van der Waals surface area contributed by atoms with Crippen LogP contribution >= 0.6 is 0 Å². The number of halogens is 1. The standard InChI is InChI=1S/C24H23FN2O4/c1-5-10-26-24(28)22-18-11-19(29-4)17(21-13(2)27-31-14(21)3)12-20(18)30-23(22)15-6-8-16(25)9-7-15/h6-9,11-12H,5,10H2,1-4H3,(H,26,28). The van der Waals surface area contributed by atoms with E-state index in [4.69, 9.17) is 13.7 Å². The van der Waals surface area contributed by atoms with Gasteiger partial charge in [0.05, 0.1) is 23.9 Å². The summed E-state index contributed by atoms with van der Waals surface area (Å²) in [7, 11) is 1.57. The van der Waals surface area contributed by atoms with E-state index in [1.165, 1.54) is 12.1 Å². The van der Waals surface area contributed by atoms with Crippen molar-refractivity contribution in [3.05, 3.63) is 59.2 Å². The molecule has 2 aromatic heterocycles. The van der Waals surface area contributed by atoms with Crippen LogP contribution in [0.4, 0.5) is 4.39 Å². The minimum atomic E-state index is -0.362. The molecule has 4 aromatic rings. The molecule has 4 rings (SSSR count). The van der Waals surface area contributed by atoms with E-state index in [2.05, 4.69) is 10.5 Å². The van der Waals surface area contributed by atoms with Crippen LogP contribution in [0.5, 0.6) is 5.75 Å². The fourth-order valence-corrected chi connectivity index (χ4v) is 3.71. The minimum absolute atomic E-state index is 0.257. The fraction of sp³-hybridized carbons (Fsp3) is 0.250. The third-order valence-electron chi connectivity index (χ3n) is 5.18. The van der Waals surface area contributed by atoms with E-state index in [1.54, 1.807) is 25.3 Å². The van der Waals surface area contributed by atoms with Crippen LogP contribution < -0.4 is 10.1 Å². The van der Waals surface area contributed by atoms with E-state index < -0.39 is 0 Å². The Morgan fingerprint density at radius 3 is 2.55 bits per heavy atom. The summed E-state index contributed by atoms with van der Waals surface area (Å²) in [4.78, 5) is 13.1. The number of nitrogens with one attached hydrogen (secondary N) is 1. The van der Waals surface area contributed by atoms with Crippen LogP contribution in [0.25, 0.3) is 33.4 Å². The van der Waals surface area contributed by atoms with Crippen LogP contribution in [0.2, 0.25) is 0 Å². The lowest BCUT2D eigenvalue weighted by molar-refractivity contribution is 0.0955. The van der Waals surface area contributed by atoms with Gasteiger partial charge >= 0.3 is 0 Å². The van der Waals surface area contributed by atoms with Gasteiger partial charge in [0, 0.05) is 23.1 Å². The third-order valence-corrected chi connectivity index (χ3v) is 5.18. The highest BCUT2D eigenvalue weighted by Crippen LogP contribution is 2.42. The number of methoxy groups -OCH3 is 1. The van der Waals surface area contributed by atoms with Crippen molar-refractivity contribution in [1.29, 1.82) is 0 Å². The third kappa shape index (κ3) is 3.67. The molecule has 0 fully saturated rings. The number of carbonyl (C=O) groups is 1. The average Bonchev–Trinajstić information content (AvgIpc) is 3.30. The maximum atomic E-state index is 13.5. The van der Waals surface area contributed by atoms with Gasteiger partial charge in [-0.15, -0.1) is 0 Å². The van der Waals surface area contributed by atoms with E-state index in [0.29, 0.717) is 45.9 Å². The first-order valence-electron chi connectivity index (χ1n) is 10.1. The highest BCUT2D eigenvalue weighted by Gasteiger charge is 2.25. The number of hydrogen-bond acceptors (Lipinski definition) is 5. The zero-order chi connectivity index (χ0) is 22.1. The topological polar surface area (TPSA) is 77.5 Å². The summed E-state index contributed by atoms with van der Waals surface area (Å²) in [5.41, 5.74) is 3.80. The van der Waals surface area contributed by atoms with E-state index in [9.17, 15) is 9.18 Å². The second-order valence-corrected chi connectivity index (χ2v) is 7.32. The molecule has 0 saturated carbocycles. The van der Waals surface area contributed by atoms with Crippen LogP contribution in [0.15, 0.2) is 45.3 Å². The second-order valence-electron chi connectivity index (χ2n) is 7.32. The normalized spacial score (nSPS) is 11.1. The molecule has 1 amide bonds. The number of furan rings is 1. The van der Waals surface area contributed by atoms with Crippen molar-refractivity contribution < 1.29 is 22.9 Å². The molecule has 0 aliphatic carbocycles. The summed E-state index contributed by atoms with van der Waals surface area (Å²) < 4.78 is 30.6. The van der Waals surface area contributed by atoms with Gasteiger partial charge in [0.2, 0.25) is 0 Å². The SMILES string of the molecule is CCCNC(=O)c1c(-c2ccc(F)cc2)oc2cc(-c3c(C)noc3C)c(OC)cc12. The monoisotopic (exact) mass is 422 g/mol. The van der Waals surface area contributed by atoms with Crippen molar-refractivity contribution in [3.63, 3.8) is 0 Å². The molecule has 0 aliphatic heterocycles. The molecule has 2 aromatic carbocycles. The summed E-state index contributed by atoms with van der Waals surface area (Å²) in [6, 6.07) is 9.47. The van der Waals surface area contributed by atoms with Crippen molar-refractivity contribution in [3.8, 4) is 28.2 Å².